The average Bonchev–Trinajstić information content (AvgIpc) is 2.46. The summed E-state index contributed by atoms with van der Waals surface area (Å²) in [5.41, 5.74) is 0. The van der Waals surface area contributed by atoms with E-state index in [1.54, 1.807) is 0 Å². The van der Waals surface area contributed by atoms with Crippen molar-refractivity contribution in [1.82, 2.24) is 4.90 Å². The normalized spacial score (nSPS) is 27.5. The fourth-order valence-corrected chi connectivity index (χ4v) is 1.52. The van der Waals surface area contributed by atoms with Gasteiger partial charge in [-0.1, -0.05) is 0 Å². The number of esters is 1. The lowest BCUT2D eigenvalue weighted by molar-refractivity contribution is -0.150. The van der Waals surface area contributed by atoms with Crippen molar-refractivity contribution < 1.29 is 19.4 Å². The number of methoxy groups -OCH3 is 1. The van der Waals surface area contributed by atoms with E-state index in [1.807, 2.05) is 0 Å². The molecule has 1 amide bonds. The first kappa shape index (κ1) is 9.98. The van der Waals surface area contributed by atoms with Crippen LogP contribution in [0.15, 0.2) is 0 Å². The Morgan fingerprint density at radius 3 is 2.62 bits per heavy atom. The van der Waals surface area contributed by atoms with Crippen molar-refractivity contribution in [2.24, 2.45) is 0 Å². The SMILES string of the molecule is COC(=O)[C@@H]1C[C@@H](O)CN1C(C)=O. The van der Waals surface area contributed by atoms with Gasteiger partial charge in [0.1, 0.15) is 6.04 Å². The topological polar surface area (TPSA) is 66.8 Å². The highest BCUT2D eigenvalue weighted by Crippen LogP contribution is 2.18. The van der Waals surface area contributed by atoms with Crippen molar-refractivity contribution in [3.63, 3.8) is 0 Å². The lowest BCUT2D eigenvalue weighted by Crippen LogP contribution is -2.39. The quantitative estimate of drug-likeness (QED) is 0.542. The number of hydrogen-bond acceptors (Lipinski definition) is 4. The molecule has 1 aliphatic heterocycles. The van der Waals surface area contributed by atoms with Crippen molar-refractivity contribution in [1.29, 1.82) is 0 Å². The first-order valence-electron chi connectivity index (χ1n) is 4.09. The summed E-state index contributed by atoms with van der Waals surface area (Å²) in [6.45, 7) is 1.59. The zero-order valence-electron chi connectivity index (χ0n) is 7.69. The molecule has 0 radical (unpaired) electrons. The molecule has 1 heterocycles. The van der Waals surface area contributed by atoms with E-state index in [1.165, 1.54) is 18.9 Å². The van der Waals surface area contributed by atoms with Crippen LogP contribution in [0.3, 0.4) is 0 Å². The predicted molar refractivity (Wildman–Crippen MR) is 43.8 cm³/mol. The Morgan fingerprint density at radius 1 is 1.54 bits per heavy atom. The number of aliphatic hydroxyl groups excluding tert-OH is 1. The van der Waals surface area contributed by atoms with E-state index in [2.05, 4.69) is 4.74 Å². The van der Waals surface area contributed by atoms with Crippen LogP contribution in [0.25, 0.3) is 0 Å². The minimum atomic E-state index is -0.618. The number of nitrogens with zero attached hydrogens (tertiary/aromatic N) is 1. The Balaban J connectivity index is 2.71. The van der Waals surface area contributed by atoms with E-state index in [0.29, 0.717) is 0 Å². The summed E-state index contributed by atoms with van der Waals surface area (Å²) in [6, 6.07) is -0.613. The molecule has 1 N–H and O–H groups in total. The summed E-state index contributed by atoms with van der Waals surface area (Å²) in [6.07, 6.45) is -0.347. The first-order chi connectivity index (χ1) is 6.06. The Bertz CT molecular complexity index is 228. The molecule has 0 aliphatic carbocycles. The molecule has 0 aromatic carbocycles. The highest BCUT2D eigenvalue weighted by molar-refractivity contribution is 5.84. The van der Waals surface area contributed by atoms with Gasteiger partial charge < -0.3 is 14.7 Å². The van der Waals surface area contributed by atoms with E-state index < -0.39 is 18.1 Å². The second-order valence-electron chi connectivity index (χ2n) is 3.10. The molecule has 0 spiro atoms. The maximum absolute atomic E-state index is 11.1. The van der Waals surface area contributed by atoms with Crippen LogP contribution in [0.1, 0.15) is 13.3 Å². The van der Waals surface area contributed by atoms with Crippen LogP contribution in [-0.4, -0.2) is 47.7 Å². The van der Waals surface area contributed by atoms with Crippen molar-refractivity contribution >= 4 is 11.9 Å². The number of β-amino-alcohol motifs (C(OH)–C–C–N with tert-alkyl or cyclic N) is 1. The number of aliphatic hydroxyl groups is 1. The maximum Gasteiger partial charge on any atom is 0.328 e. The second kappa shape index (κ2) is 3.74. The molecule has 0 bridgehead atoms. The van der Waals surface area contributed by atoms with Crippen molar-refractivity contribution in [2.45, 2.75) is 25.5 Å². The molecule has 1 aliphatic rings. The average molecular weight is 187 g/mol. The molecule has 1 fully saturated rings. The monoisotopic (exact) mass is 187 g/mol. The molecular weight excluding hydrogens is 174 g/mol. The van der Waals surface area contributed by atoms with Crippen molar-refractivity contribution in [3.8, 4) is 0 Å². The van der Waals surface area contributed by atoms with E-state index in [4.69, 9.17) is 0 Å². The van der Waals surface area contributed by atoms with Crippen molar-refractivity contribution in [3.05, 3.63) is 0 Å². The van der Waals surface area contributed by atoms with Crippen molar-refractivity contribution in [2.75, 3.05) is 13.7 Å². The van der Waals surface area contributed by atoms with Gasteiger partial charge >= 0.3 is 5.97 Å². The number of carbonyl (C=O) groups is 2. The zero-order valence-corrected chi connectivity index (χ0v) is 7.69. The van der Waals surface area contributed by atoms with Crippen LogP contribution in [-0.2, 0) is 14.3 Å². The molecule has 5 nitrogen and oxygen atoms in total. The van der Waals surface area contributed by atoms with E-state index >= 15 is 0 Å². The van der Waals surface area contributed by atoms with Crippen LogP contribution < -0.4 is 0 Å². The van der Waals surface area contributed by atoms with E-state index in [9.17, 15) is 14.7 Å². The van der Waals surface area contributed by atoms with Crippen LogP contribution >= 0.6 is 0 Å². The minimum Gasteiger partial charge on any atom is -0.467 e. The van der Waals surface area contributed by atoms with Crippen LogP contribution in [0.2, 0.25) is 0 Å². The summed E-state index contributed by atoms with van der Waals surface area (Å²) in [5, 5.41) is 9.26. The number of rotatable bonds is 1. The molecular formula is C8H13NO4. The van der Waals surface area contributed by atoms with Gasteiger partial charge in [0.15, 0.2) is 0 Å². The van der Waals surface area contributed by atoms with Gasteiger partial charge in [0.05, 0.1) is 13.2 Å². The standard InChI is InChI=1S/C8H13NO4/c1-5(10)9-4-6(11)3-7(9)8(12)13-2/h6-7,11H,3-4H2,1-2H3/t6-,7+/m1/s1. The number of amides is 1. The maximum atomic E-state index is 11.1. The summed E-state index contributed by atoms with van der Waals surface area (Å²) in [7, 11) is 1.27. The summed E-state index contributed by atoms with van der Waals surface area (Å²) < 4.78 is 4.52. The number of carbonyl (C=O) groups excluding carboxylic acids is 2. The molecule has 0 aromatic heterocycles. The van der Waals surface area contributed by atoms with Gasteiger partial charge in [-0.2, -0.15) is 0 Å². The Hall–Kier alpha value is -1.10. The highest BCUT2D eigenvalue weighted by atomic mass is 16.5. The third kappa shape index (κ3) is 1.98. The fraction of sp³-hybridized carbons (Fsp3) is 0.750. The van der Waals surface area contributed by atoms with Gasteiger partial charge in [-0.05, 0) is 0 Å². The predicted octanol–water partition coefficient (Wildman–Crippen LogP) is -0.859. The van der Waals surface area contributed by atoms with Gasteiger partial charge in [0.2, 0.25) is 5.91 Å². The highest BCUT2D eigenvalue weighted by Gasteiger charge is 2.37. The molecule has 1 rings (SSSR count). The van der Waals surface area contributed by atoms with Crippen LogP contribution in [0.5, 0.6) is 0 Å². The third-order valence-corrected chi connectivity index (χ3v) is 2.16. The first-order valence-corrected chi connectivity index (χ1v) is 4.09. The second-order valence-corrected chi connectivity index (χ2v) is 3.10. The lowest BCUT2D eigenvalue weighted by Gasteiger charge is -2.20. The molecule has 0 aromatic rings. The van der Waals surface area contributed by atoms with Gasteiger partial charge in [-0.25, -0.2) is 4.79 Å². The number of likely N-dealkylation sites (tertiary alicyclic amines) is 1. The smallest absolute Gasteiger partial charge is 0.328 e. The number of hydrogen-bond donors (Lipinski definition) is 1. The molecule has 13 heavy (non-hydrogen) atoms. The van der Waals surface area contributed by atoms with Crippen LogP contribution in [0, 0.1) is 0 Å². The molecule has 0 unspecified atom stereocenters. The molecule has 1 saturated heterocycles. The Morgan fingerprint density at radius 2 is 2.15 bits per heavy atom. The van der Waals surface area contributed by atoms with Gasteiger partial charge in [0, 0.05) is 19.9 Å². The number of ether oxygens (including phenoxy) is 1. The third-order valence-electron chi connectivity index (χ3n) is 2.16. The van der Waals surface area contributed by atoms with Gasteiger partial charge in [0.25, 0.3) is 0 Å². The summed E-state index contributed by atoms with van der Waals surface area (Å²) >= 11 is 0. The largest absolute Gasteiger partial charge is 0.467 e. The molecule has 2 atom stereocenters. The Labute approximate surface area is 76.3 Å². The molecule has 74 valence electrons. The van der Waals surface area contributed by atoms with E-state index in [0.717, 1.165) is 0 Å². The minimum absolute atomic E-state index is 0.216. The van der Waals surface area contributed by atoms with E-state index in [-0.39, 0.29) is 18.9 Å². The van der Waals surface area contributed by atoms with Crippen LogP contribution in [0.4, 0.5) is 0 Å². The molecule has 0 saturated carbocycles. The van der Waals surface area contributed by atoms with Gasteiger partial charge in [-0.15, -0.1) is 0 Å². The Kier molecular flexibility index (Phi) is 2.87. The van der Waals surface area contributed by atoms with Gasteiger partial charge in [-0.3, -0.25) is 4.79 Å². The fourth-order valence-electron chi connectivity index (χ4n) is 1.52. The summed E-state index contributed by atoms with van der Waals surface area (Å²) in [4.78, 5) is 23.5. The lowest BCUT2D eigenvalue weighted by atomic mass is 10.2. The molecule has 5 heteroatoms. The zero-order chi connectivity index (χ0) is 10.0. The summed E-state index contributed by atoms with van der Waals surface area (Å²) in [5.74, 6) is -0.682.